The SMILES string of the molecule is CC(C(=O)NC1CC1)N(C)CCc1nc2ccc(Cl)cc2[nH]1. The third kappa shape index (κ3) is 3.59. The predicted molar refractivity (Wildman–Crippen MR) is 88.1 cm³/mol. The molecule has 0 radical (unpaired) electrons. The molecule has 1 saturated carbocycles. The fourth-order valence-corrected chi connectivity index (χ4v) is 2.55. The van der Waals surface area contributed by atoms with Gasteiger partial charge in [-0.05, 0) is 45.0 Å². The van der Waals surface area contributed by atoms with Crippen LogP contribution in [0, 0.1) is 0 Å². The summed E-state index contributed by atoms with van der Waals surface area (Å²) >= 11 is 5.98. The summed E-state index contributed by atoms with van der Waals surface area (Å²) in [5.74, 6) is 1.03. The number of hydrogen-bond acceptors (Lipinski definition) is 3. The second-order valence-corrected chi connectivity index (χ2v) is 6.47. The quantitative estimate of drug-likeness (QED) is 0.859. The molecule has 1 aliphatic rings. The number of fused-ring (bicyclic) bond motifs is 1. The zero-order valence-electron chi connectivity index (χ0n) is 12.9. The molecule has 1 aliphatic carbocycles. The minimum atomic E-state index is -0.126. The van der Waals surface area contributed by atoms with E-state index in [1.807, 2.05) is 32.2 Å². The lowest BCUT2D eigenvalue weighted by Crippen LogP contribution is -2.44. The predicted octanol–water partition coefficient (Wildman–Crippen LogP) is 2.36. The van der Waals surface area contributed by atoms with E-state index in [-0.39, 0.29) is 11.9 Å². The van der Waals surface area contributed by atoms with Crippen LogP contribution >= 0.6 is 11.6 Å². The number of imidazole rings is 1. The Bertz CT molecular complexity index is 680. The van der Waals surface area contributed by atoms with E-state index in [9.17, 15) is 4.79 Å². The lowest BCUT2D eigenvalue weighted by atomic mass is 10.2. The molecule has 1 unspecified atom stereocenters. The van der Waals surface area contributed by atoms with Gasteiger partial charge in [-0.1, -0.05) is 11.6 Å². The van der Waals surface area contributed by atoms with Gasteiger partial charge in [0, 0.05) is 24.0 Å². The van der Waals surface area contributed by atoms with E-state index in [2.05, 4.69) is 20.2 Å². The zero-order valence-corrected chi connectivity index (χ0v) is 13.7. The van der Waals surface area contributed by atoms with Gasteiger partial charge in [-0.25, -0.2) is 4.98 Å². The smallest absolute Gasteiger partial charge is 0.237 e. The van der Waals surface area contributed by atoms with Gasteiger partial charge in [0.2, 0.25) is 5.91 Å². The van der Waals surface area contributed by atoms with Gasteiger partial charge < -0.3 is 10.3 Å². The summed E-state index contributed by atoms with van der Waals surface area (Å²) in [5, 5.41) is 3.74. The average molecular weight is 321 g/mol. The number of halogens is 1. The third-order valence-corrected chi connectivity index (χ3v) is 4.39. The standard InChI is InChI=1S/C16H21ClN4O/c1-10(16(22)18-12-4-5-12)21(2)8-7-15-19-13-6-3-11(17)9-14(13)20-15/h3,6,9-10,12H,4-5,7-8H2,1-2H3,(H,18,22)(H,19,20). The lowest BCUT2D eigenvalue weighted by molar-refractivity contribution is -0.125. The maximum Gasteiger partial charge on any atom is 0.237 e. The van der Waals surface area contributed by atoms with Crippen LogP contribution in [0.25, 0.3) is 11.0 Å². The van der Waals surface area contributed by atoms with Crippen molar-refractivity contribution in [2.75, 3.05) is 13.6 Å². The number of likely N-dealkylation sites (N-methyl/N-ethyl adjacent to an activating group) is 1. The minimum Gasteiger partial charge on any atom is -0.352 e. The number of rotatable bonds is 6. The summed E-state index contributed by atoms with van der Waals surface area (Å²) in [6, 6.07) is 5.91. The monoisotopic (exact) mass is 320 g/mol. The molecule has 1 atom stereocenters. The number of nitrogens with one attached hydrogen (secondary N) is 2. The normalized spacial score (nSPS) is 16.2. The number of amides is 1. The van der Waals surface area contributed by atoms with Gasteiger partial charge >= 0.3 is 0 Å². The lowest BCUT2D eigenvalue weighted by Gasteiger charge is -2.23. The van der Waals surface area contributed by atoms with Crippen molar-refractivity contribution in [2.24, 2.45) is 0 Å². The molecule has 0 saturated heterocycles. The van der Waals surface area contributed by atoms with E-state index in [0.29, 0.717) is 11.1 Å². The van der Waals surface area contributed by atoms with Crippen LogP contribution < -0.4 is 5.32 Å². The number of aromatic amines is 1. The molecule has 1 aromatic carbocycles. The van der Waals surface area contributed by atoms with Crippen LogP contribution in [0.15, 0.2) is 18.2 Å². The number of H-pyrrole nitrogens is 1. The molecule has 118 valence electrons. The Kier molecular flexibility index (Phi) is 4.36. The molecule has 0 bridgehead atoms. The molecule has 1 fully saturated rings. The first kappa shape index (κ1) is 15.3. The Morgan fingerprint density at radius 1 is 1.55 bits per heavy atom. The van der Waals surface area contributed by atoms with E-state index >= 15 is 0 Å². The van der Waals surface area contributed by atoms with Crippen LogP contribution in [-0.4, -0.2) is 46.5 Å². The summed E-state index contributed by atoms with van der Waals surface area (Å²) < 4.78 is 0. The Balaban J connectivity index is 1.56. The van der Waals surface area contributed by atoms with Crippen molar-refractivity contribution >= 4 is 28.5 Å². The maximum atomic E-state index is 12.0. The van der Waals surface area contributed by atoms with Gasteiger partial charge in [0.25, 0.3) is 0 Å². The number of carbonyl (C=O) groups excluding carboxylic acids is 1. The number of aromatic nitrogens is 2. The summed E-state index contributed by atoms with van der Waals surface area (Å²) in [4.78, 5) is 21.9. The van der Waals surface area contributed by atoms with E-state index < -0.39 is 0 Å². The molecular weight excluding hydrogens is 300 g/mol. The van der Waals surface area contributed by atoms with Crippen LogP contribution in [0.4, 0.5) is 0 Å². The van der Waals surface area contributed by atoms with E-state index in [1.165, 1.54) is 0 Å². The highest BCUT2D eigenvalue weighted by atomic mass is 35.5. The van der Waals surface area contributed by atoms with Gasteiger partial charge in [-0.2, -0.15) is 0 Å². The van der Waals surface area contributed by atoms with Gasteiger partial charge in [-0.15, -0.1) is 0 Å². The Morgan fingerprint density at radius 3 is 3.05 bits per heavy atom. The Hall–Kier alpha value is -1.59. The number of carbonyl (C=O) groups is 1. The van der Waals surface area contributed by atoms with Crippen LogP contribution in [-0.2, 0) is 11.2 Å². The van der Waals surface area contributed by atoms with Crippen LogP contribution in [0.5, 0.6) is 0 Å². The van der Waals surface area contributed by atoms with E-state index in [1.54, 1.807) is 0 Å². The van der Waals surface area contributed by atoms with E-state index in [0.717, 1.165) is 42.7 Å². The molecular formula is C16H21ClN4O. The number of hydrogen-bond donors (Lipinski definition) is 2. The highest BCUT2D eigenvalue weighted by molar-refractivity contribution is 6.31. The first-order valence-electron chi connectivity index (χ1n) is 7.67. The average Bonchev–Trinajstić information content (AvgIpc) is 3.21. The summed E-state index contributed by atoms with van der Waals surface area (Å²) in [7, 11) is 1.97. The summed E-state index contributed by atoms with van der Waals surface area (Å²) in [5.41, 5.74) is 1.87. The van der Waals surface area contributed by atoms with Gasteiger partial charge in [0.15, 0.2) is 0 Å². The maximum absolute atomic E-state index is 12.0. The van der Waals surface area contributed by atoms with Crippen molar-refractivity contribution < 1.29 is 4.79 Å². The Labute approximate surface area is 135 Å². The first-order valence-corrected chi connectivity index (χ1v) is 8.05. The fraction of sp³-hybridized carbons (Fsp3) is 0.500. The highest BCUT2D eigenvalue weighted by Crippen LogP contribution is 2.19. The van der Waals surface area contributed by atoms with Crippen molar-refractivity contribution in [3.05, 3.63) is 29.0 Å². The number of nitrogens with zero attached hydrogens (tertiary/aromatic N) is 2. The fourth-order valence-electron chi connectivity index (χ4n) is 2.38. The first-order chi connectivity index (χ1) is 10.5. The molecule has 6 heteroatoms. The van der Waals surface area contributed by atoms with Crippen molar-refractivity contribution in [2.45, 2.75) is 38.3 Å². The van der Waals surface area contributed by atoms with Crippen LogP contribution in [0.1, 0.15) is 25.6 Å². The second kappa shape index (κ2) is 6.26. The molecule has 0 aliphatic heterocycles. The Morgan fingerprint density at radius 2 is 2.32 bits per heavy atom. The molecule has 0 spiro atoms. The van der Waals surface area contributed by atoms with Crippen LogP contribution in [0.2, 0.25) is 5.02 Å². The van der Waals surface area contributed by atoms with E-state index in [4.69, 9.17) is 11.6 Å². The summed E-state index contributed by atoms with van der Waals surface area (Å²) in [6.07, 6.45) is 3.00. The van der Waals surface area contributed by atoms with Gasteiger partial charge in [0.05, 0.1) is 17.1 Å². The highest BCUT2D eigenvalue weighted by Gasteiger charge is 2.27. The molecule has 1 aromatic heterocycles. The largest absolute Gasteiger partial charge is 0.352 e. The third-order valence-electron chi connectivity index (χ3n) is 4.16. The molecule has 22 heavy (non-hydrogen) atoms. The number of benzene rings is 1. The molecule has 2 N–H and O–H groups in total. The van der Waals surface area contributed by atoms with Gasteiger partial charge in [-0.3, -0.25) is 9.69 Å². The topological polar surface area (TPSA) is 61.0 Å². The van der Waals surface area contributed by atoms with Crippen molar-refractivity contribution in [1.29, 1.82) is 0 Å². The molecule has 2 aromatic rings. The molecule has 1 amide bonds. The second-order valence-electron chi connectivity index (χ2n) is 6.03. The molecule has 5 nitrogen and oxygen atoms in total. The summed E-state index contributed by atoms with van der Waals surface area (Å²) in [6.45, 7) is 2.71. The van der Waals surface area contributed by atoms with Gasteiger partial charge in [0.1, 0.15) is 5.82 Å². The van der Waals surface area contributed by atoms with Crippen molar-refractivity contribution in [3.8, 4) is 0 Å². The minimum absolute atomic E-state index is 0.112. The van der Waals surface area contributed by atoms with Crippen molar-refractivity contribution in [1.82, 2.24) is 20.2 Å². The van der Waals surface area contributed by atoms with Crippen molar-refractivity contribution in [3.63, 3.8) is 0 Å². The zero-order chi connectivity index (χ0) is 15.7. The molecule has 1 heterocycles. The molecule has 3 rings (SSSR count). The van der Waals surface area contributed by atoms with Crippen LogP contribution in [0.3, 0.4) is 0 Å².